The average molecular weight is 158 g/mol. The molecule has 1 aliphatic heterocycles. The molecule has 66 valence electrons. The van der Waals surface area contributed by atoms with Crippen LogP contribution in [0.3, 0.4) is 0 Å². The molecule has 0 aromatic rings. The van der Waals surface area contributed by atoms with E-state index in [0.29, 0.717) is 6.10 Å². The molecule has 0 radical (unpaired) electrons. The highest BCUT2D eigenvalue weighted by atomic mass is 16.6. The fourth-order valence-corrected chi connectivity index (χ4v) is 0.935. The van der Waals surface area contributed by atoms with Gasteiger partial charge in [0.05, 0.1) is 18.3 Å². The highest BCUT2D eigenvalue weighted by Gasteiger charge is 2.40. The fourth-order valence-electron chi connectivity index (χ4n) is 0.935. The average Bonchev–Trinajstić information content (AvgIpc) is 2.45. The summed E-state index contributed by atoms with van der Waals surface area (Å²) in [5, 5.41) is 9.98. The Labute approximate surface area is 68.6 Å². The Morgan fingerprint density at radius 2 is 1.82 bits per heavy atom. The van der Waals surface area contributed by atoms with Crippen LogP contribution >= 0.6 is 0 Å². The van der Waals surface area contributed by atoms with Crippen LogP contribution in [0.25, 0.3) is 0 Å². The summed E-state index contributed by atoms with van der Waals surface area (Å²) in [7, 11) is 0. The first-order valence-electron chi connectivity index (χ1n) is 4.17. The zero-order chi connectivity index (χ0) is 8.70. The molecule has 1 fully saturated rings. The van der Waals surface area contributed by atoms with E-state index < -0.39 is 5.60 Å². The summed E-state index contributed by atoms with van der Waals surface area (Å²) in [6.45, 7) is 8.86. The molecule has 1 heterocycles. The van der Waals surface area contributed by atoms with Gasteiger partial charge in [0.1, 0.15) is 0 Å². The molecule has 0 aromatic heterocycles. The Balaban J connectivity index is 2.49. The van der Waals surface area contributed by atoms with E-state index in [-0.39, 0.29) is 5.41 Å². The molecule has 0 bridgehead atoms. The Kier molecular flexibility index (Phi) is 2.01. The maximum atomic E-state index is 9.98. The van der Waals surface area contributed by atoms with Crippen LogP contribution in [-0.4, -0.2) is 23.4 Å². The van der Waals surface area contributed by atoms with Crippen LogP contribution in [0.2, 0.25) is 0 Å². The standard InChI is InChI=1S/C9H18O2/c1-8(2,3)9(4,10)5-7-6-11-7/h7,10H,5-6H2,1-4H3/t7-,9-/m0/s1. The quantitative estimate of drug-likeness (QED) is 0.619. The zero-order valence-corrected chi connectivity index (χ0v) is 7.85. The molecular formula is C9H18O2. The van der Waals surface area contributed by atoms with Crippen LogP contribution in [-0.2, 0) is 4.74 Å². The summed E-state index contributed by atoms with van der Waals surface area (Å²) >= 11 is 0. The third kappa shape index (κ3) is 2.17. The van der Waals surface area contributed by atoms with Crippen molar-refractivity contribution in [3.05, 3.63) is 0 Å². The number of ether oxygens (including phenoxy) is 1. The van der Waals surface area contributed by atoms with Crippen molar-refractivity contribution in [2.24, 2.45) is 5.41 Å². The minimum Gasteiger partial charge on any atom is -0.390 e. The second kappa shape index (κ2) is 2.46. The van der Waals surface area contributed by atoms with Crippen molar-refractivity contribution in [3.8, 4) is 0 Å². The second-order valence-corrected chi connectivity index (χ2v) is 4.68. The lowest BCUT2D eigenvalue weighted by atomic mass is 9.75. The van der Waals surface area contributed by atoms with E-state index in [9.17, 15) is 5.11 Å². The number of epoxide rings is 1. The lowest BCUT2D eigenvalue weighted by Crippen LogP contribution is -2.40. The molecule has 0 saturated carbocycles. The van der Waals surface area contributed by atoms with Crippen molar-refractivity contribution in [3.63, 3.8) is 0 Å². The van der Waals surface area contributed by atoms with Gasteiger partial charge in [-0.15, -0.1) is 0 Å². The first-order chi connectivity index (χ1) is 4.83. The fraction of sp³-hybridized carbons (Fsp3) is 1.00. The SMILES string of the molecule is CC(C)(C)[C@@](C)(O)C[C@H]1CO1. The van der Waals surface area contributed by atoms with Gasteiger partial charge >= 0.3 is 0 Å². The molecule has 2 atom stereocenters. The number of aliphatic hydroxyl groups is 1. The lowest BCUT2D eigenvalue weighted by molar-refractivity contribution is -0.0525. The molecule has 1 saturated heterocycles. The maximum absolute atomic E-state index is 9.98. The molecule has 11 heavy (non-hydrogen) atoms. The van der Waals surface area contributed by atoms with Gasteiger partial charge in [-0.05, 0) is 12.3 Å². The smallest absolute Gasteiger partial charge is 0.0837 e. The van der Waals surface area contributed by atoms with Gasteiger partial charge in [0.25, 0.3) is 0 Å². The minimum absolute atomic E-state index is 0.0566. The molecule has 0 spiro atoms. The monoisotopic (exact) mass is 158 g/mol. The molecule has 0 aliphatic carbocycles. The van der Waals surface area contributed by atoms with E-state index in [0.717, 1.165) is 13.0 Å². The first-order valence-corrected chi connectivity index (χ1v) is 4.17. The van der Waals surface area contributed by atoms with Crippen LogP contribution in [0.15, 0.2) is 0 Å². The van der Waals surface area contributed by atoms with Crippen molar-refractivity contribution in [2.45, 2.75) is 45.8 Å². The van der Waals surface area contributed by atoms with Crippen molar-refractivity contribution < 1.29 is 9.84 Å². The Bertz CT molecular complexity index is 140. The summed E-state index contributed by atoms with van der Waals surface area (Å²) in [6, 6.07) is 0. The Hall–Kier alpha value is -0.0800. The molecular weight excluding hydrogens is 140 g/mol. The van der Waals surface area contributed by atoms with Gasteiger partial charge in [-0.2, -0.15) is 0 Å². The number of rotatable bonds is 2. The van der Waals surface area contributed by atoms with Crippen molar-refractivity contribution >= 4 is 0 Å². The molecule has 0 aromatic carbocycles. The summed E-state index contributed by atoms with van der Waals surface area (Å²) in [5.74, 6) is 0. The normalized spacial score (nSPS) is 29.7. The van der Waals surface area contributed by atoms with Crippen molar-refractivity contribution in [2.75, 3.05) is 6.61 Å². The van der Waals surface area contributed by atoms with Gasteiger partial charge in [-0.25, -0.2) is 0 Å². The summed E-state index contributed by atoms with van der Waals surface area (Å²) < 4.78 is 5.08. The van der Waals surface area contributed by atoms with Crippen LogP contribution in [0.4, 0.5) is 0 Å². The number of hydrogen-bond acceptors (Lipinski definition) is 2. The second-order valence-electron chi connectivity index (χ2n) is 4.68. The molecule has 1 rings (SSSR count). The van der Waals surface area contributed by atoms with Gasteiger partial charge in [0.15, 0.2) is 0 Å². The van der Waals surface area contributed by atoms with E-state index in [1.807, 2.05) is 6.92 Å². The van der Waals surface area contributed by atoms with E-state index >= 15 is 0 Å². The number of hydrogen-bond donors (Lipinski definition) is 1. The van der Waals surface area contributed by atoms with Crippen molar-refractivity contribution in [1.82, 2.24) is 0 Å². The van der Waals surface area contributed by atoms with Crippen LogP contribution in [0.1, 0.15) is 34.1 Å². The third-order valence-corrected chi connectivity index (χ3v) is 2.64. The Morgan fingerprint density at radius 3 is 2.09 bits per heavy atom. The highest BCUT2D eigenvalue weighted by molar-refractivity contribution is 4.91. The topological polar surface area (TPSA) is 32.8 Å². The van der Waals surface area contributed by atoms with E-state index in [1.54, 1.807) is 0 Å². The molecule has 2 nitrogen and oxygen atoms in total. The van der Waals surface area contributed by atoms with Crippen LogP contribution < -0.4 is 0 Å². The van der Waals surface area contributed by atoms with Gasteiger partial charge in [0.2, 0.25) is 0 Å². The molecule has 1 aliphatic rings. The van der Waals surface area contributed by atoms with Crippen LogP contribution in [0.5, 0.6) is 0 Å². The van der Waals surface area contributed by atoms with E-state index in [4.69, 9.17) is 4.74 Å². The summed E-state index contributed by atoms with van der Waals surface area (Å²) in [5.41, 5.74) is -0.660. The van der Waals surface area contributed by atoms with Crippen LogP contribution in [0, 0.1) is 5.41 Å². The minimum atomic E-state index is -0.603. The van der Waals surface area contributed by atoms with Gasteiger partial charge in [-0.3, -0.25) is 0 Å². The van der Waals surface area contributed by atoms with Gasteiger partial charge < -0.3 is 9.84 Å². The zero-order valence-electron chi connectivity index (χ0n) is 7.85. The predicted octanol–water partition coefficient (Wildman–Crippen LogP) is 1.57. The largest absolute Gasteiger partial charge is 0.390 e. The Morgan fingerprint density at radius 1 is 1.36 bits per heavy atom. The third-order valence-electron chi connectivity index (χ3n) is 2.64. The predicted molar refractivity (Wildman–Crippen MR) is 44.4 cm³/mol. The first kappa shape index (κ1) is 9.01. The molecule has 2 heteroatoms. The van der Waals surface area contributed by atoms with E-state index in [1.165, 1.54) is 0 Å². The molecule has 1 N–H and O–H groups in total. The van der Waals surface area contributed by atoms with Gasteiger partial charge in [-0.1, -0.05) is 20.8 Å². The lowest BCUT2D eigenvalue weighted by Gasteiger charge is -2.36. The van der Waals surface area contributed by atoms with Crippen molar-refractivity contribution in [1.29, 1.82) is 0 Å². The highest BCUT2D eigenvalue weighted by Crippen LogP contribution is 2.36. The van der Waals surface area contributed by atoms with E-state index in [2.05, 4.69) is 20.8 Å². The molecule has 0 unspecified atom stereocenters. The van der Waals surface area contributed by atoms with Gasteiger partial charge in [0, 0.05) is 6.42 Å². The summed E-state index contributed by atoms with van der Waals surface area (Å²) in [4.78, 5) is 0. The maximum Gasteiger partial charge on any atom is 0.0837 e. The molecule has 0 amide bonds. The summed E-state index contributed by atoms with van der Waals surface area (Å²) in [6.07, 6.45) is 1.07.